The number of hydrogen-bond donors (Lipinski definition) is 0. The largest absolute Gasteiger partial charge is 0.487 e. The van der Waals surface area contributed by atoms with E-state index < -0.39 is 0 Å². The molecule has 0 aliphatic carbocycles. The Labute approximate surface area is 159 Å². The summed E-state index contributed by atoms with van der Waals surface area (Å²) in [6.07, 6.45) is 18.5. The molecular weight excluding hydrogens is 326 g/mol. The smallest absolute Gasteiger partial charge is 0.310 e. The van der Waals surface area contributed by atoms with Crippen molar-refractivity contribution < 1.29 is 9.66 Å². The summed E-state index contributed by atoms with van der Waals surface area (Å²) in [5.41, 5.74) is 0.0536. The molecule has 0 heterocycles. The topological polar surface area (TPSA) is 52.4 Å². The Morgan fingerprint density at radius 1 is 0.769 bits per heavy atom. The third kappa shape index (κ3) is 11.1. The molecule has 0 saturated heterocycles. The lowest BCUT2D eigenvalue weighted by Crippen LogP contribution is -2.00. The van der Waals surface area contributed by atoms with Gasteiger partial charge in [-0.1, -0.05) is 103 Å². The number of unbranched alkanes of at least 4 members (excludes halogenated alkanes) is 13. The van der Waals surface area contributed by atoms with Gasteiger partial charge >= 0.3 is 5.69 Å². The lowest BCUT2D eigenvalue weighted by Gasteiger charge is -2.06. The van der Waals surface area contributed by atoms with E-state index in [9.17, 15) is 10.1 Å². The Balaban J connectivity index is 1.88. The summed E-state index contributed by atoms with van der Waals surface area (Å²) in [6, 6.07) is 6.59. The molecule has 0 aliphatic rings. The standard InChI is InChI=1S/C22H37NO3/c1-2-3-4-5-6-7-8-9-10-11-12-13-14-17-20-26-22-19-16-15-18-21(22)23(24)25/h15-16,18-19H,2-14,17,20H2,1H3. The van der Waals surface area contributed by atoms with Crippen LogP contribution in [-0.2, 0) is 0 Å². The molecular formula is C22H37NO3. The minimum atomic E-state index is -0.388. The van der Waals surface area contributed by atoms with Crippen LogP contribution in [-0.4, -0.2) is 11.5 Å². The number of ether oxygens (including phenoxy) is 1. The zero-order valence-corrected chi connectivity index (χ0v) is 16.6. The van der Waals surface area contributed by atoms with Crippen LogP contribution >= 0.6 is 0 Å². The molecule has 0 fully saturated rings. The van der Waals surface area contributed by atoms with E-state index in [2.05, 4.69) is 6.92 Å². The van der Waals surface area contributed by atoms with Crippen LogP contribution < -0.4 is 4.74 Å². The van der Waals surface area contributed by atoms with Gasteiger partial charge in [-0.2, -0.15) is 0 Å². The lowest BCUT2D eigenvalue weighted by molar-refractivity contribution is -0.385. The van der Waals surface area contributed by atoms with Gasteiger partial charge in [0.2, 0.25) is 0 Å². The first-order valence-electron chi connectivity index (χ1n) is 10.6. The third-order valence-corrected chi connectivity index (χ3v) is 4.82. The van der Waals surface area contributed by atoms with Crippen molar-refractivity contribution in [2.75, 3.05) is 6.61 Å². The van der Waals surface area contributed by atoms with Crippen LogP contribution in [0.2, 0.25) is 0 Å². The van der Waals surface area contributed by atoms with Gasteiger partial charge in [-0.25, -0.2) is 0 Å². The Hall–Kier alpha value is -1.58. The second kappa shape index (κ2) is 15.7. The fourth-order valence-electron chi connectivity index (χ4n) is 3.21. The van der Waals surface area contributed by atoms with Crippen LogP contribution in [0.1, 0.15) is 96.8 Å². The van der Waals surface area contributed by atoms with Gasteiger partial charge in [0, 0.05) is 6.07 Å². The highest BCUT2D eigenvalue weighted by Crippen LogP contribution is 2.26. The van der Waals surface area contributed by atoms with Crippen molar-refractivity contribution in [1.29, 1.82) is 0 Å². The zero-order valence-electron chi connectivity index (χ0n) is 16.6. The van der Waals surface area contributed by atoms with Crippen LogP contribution in [0.5, 0.6) is 5.75 Å². The van der Waals surface area contributed by atoms with Crippen LogP contribution in [0.15, 0.2) is 24.3 Å². The minimum absolute atomic E-state index is 0.0536. The van der Waals surface area contributed by atoms with Gasteiger partial charge in [0.1, 0.15) is 0 Å². The Morgan fingerprint density at radius 2 is 1.23 bits per heavy atom. The second-order valence-electron chi connectivity index (χ2n) is 7.17. The van der Waals surface area contributed by atoms with Gasteiger partial charge in [0.25, 0.3) is 0 Å². The van der Waals surface area contributed by atoms with E-state index in [1.165, 1.54) is 83.1 Å². The van der Waals surface area contributed by atoms with Crippen molar-refractivity contribution in [3.8, 4) is 5.75 Å². The molecule has 0 radical (unpaired) electrons. The van der Waals surface area contributed by atoms with Crippen molar-refractivity contribution in [3.63, 3.8) is 0 Å². The summed E-state index contributed by atoms with van der Waals surface area (Å²) in [6.45, 7) is 2.82. The summed E-state index contributed by atoms with van der Waals surface area (Å²) < 4.78 is 5.56. The second-order valence-corrected chi connectivity index (χ2v) is 7.17. The fourth-order valence-corrected chi connectivity index (χ4v) is 3.21. The van der Waals surface area contributed by atoms with Gasteiger partial charge < -0.3 is 4.74 Å². The molecule has 4 nitrogen and oxygen atoms in total. The molecule has 0 unspecified atom stereocenters. The SMILES string of the molecule is CCCCCCCCCCCCCCCCOc1ccccc1[N+](=O)[O-]. The molecule has 26 heavy (non-hydrogen) atoms. The van der Waals surface area contributed by atoms with Crippen molar-refractivity contribution >= 4 is 5.69 Å². The molecule has 1 rings (SSSR count). The van der Waals surface area contributed by atoms with Crippen molar-refractivity contribution in [3.05, 3.63) is 34.4 Å². The molecule has 0 atom stereocenters. The molecule has 0 aliphatic heterocycles. The average Bonchev–Trinajstić information content (AvgIpc) is 2.65. The summed E-state index contributed by atoms with van der Waals surface area (Å²) in [7, 11) is 0. The molecule has 4 heteroatoms. The highest BCUT2D eigenvalue weighted by Gasteiger charge is 2.12. The first-order chi connectivity index (χ1) is 12.8. The Kier molecular flexibility index (Phi) is 13.5. The van der Waals surface area contributed by atoms with Gasteiger partial charge in [0.05, 0.1) is 11.5 Å². The molecule has 0 N–H and O–H groups in total. The predicted octanol–water partition coefficient (Wildman–Crippen LogP) is 7.45. The maximum Gasteiger partial charge on any atom is 0.310 e. The van der Waals surface area contributed by atoms with E-state index in [0.717, 1.165) is 12.8 Å². The van der Waals surface area contributed by atoms with Gasteiger partial charge in [0.15, 0.2) is 5.75 Å². The van der Waals surface area contributed by atoms with Crippen LogP contribution in [0.4, 0.5) is 5.69 Å². The Morgan fingerprint density at radius 3 is 1.73 bits per heavy atom. The van der Waals surface area contributed by atoms with Gasteiger partial charge in [-0.3, -0.25) is 10.1 Å². The van der Waals surface area contributed by atoms with E-state index >= 15 is 0 Å². The predicted molar refractivity (Wildman–Crippen MR) is 109 cm³/mol. The van der Waals surface area contributed by atoms with Gasteiger partial charge in [-0.05, 0) is 12.5 Å². The van der Waals surface area contributed by atoms with E-state index in [-0.39, 0.29) is 10.6 Å². The summed E-state index contributed by atoms with van der Waals surface area (Å²) in [5.74, 6) is 0.382. The molecule has 0 saturated carbocycles. The molecule has 0 bridgehead atoms. The highest BCUT2D eigenvalue weighted by molar-refractivity contribution is 5.45. The third-order valence-electron chi connectivity index (χ3n) is 4.82. The first-order valence-corrected chi connectivity index (χ1v) is 10.6. The molecule has 1 aromatic carbocycles. The highest BCUT2D eigenvalue weighted by atomic mass is 16.6. The minimum Gasteiger partial charge on any atom is -0.487 e. The number of para-hydroxylation sites is 2. The first kappa shape index (κ1) is 22.5. The molecule has 1 aromatic rings. The van der Waals surface area contributed by atoms with Crippen molar-refractivity contribution in [2.24, 2.45) is 0 Å². The molecule has 0 amide bonds. The number of hydrogen-bond acceptors (Lipinski definition) is 3. The fraction of sp³-hybridized carbons (Fsp3) is 0.727. The average molecular weight is 364 g/mol. The van der Waals surface area contributed by atoms with Crippen molar-refractivity contribution in [2.45, 2.75) is 96.8 Å². The summed E-state index contributed by atoms with van der Waals surface area (Å²) in [5, 5.41) is 10.9. The number of nitro groups is 1. The lowest BCUT2D eigenvalue weighted by atomic mass is 10.0. The summed E-state index contributed by atoms with van der Waals surface area (Å²) >= 11 is 0. The monoisotopic (exact) mass is 363 g/mol. The van der Waals surface area contributed by atoms with E-state index in [0.29, 0.717) is 12.4 Å². The van der Waals surface area contributed by atoms with E-state index in [1.54, 1.807) is 18.2 Å². The molecule has 0 aromatic heterocycles. The zero-order chi connectivity index (χ0) is 18.9. The number of benzene rings is 1. The van der Waals surface area contributed by atoms with Crippen molar-refractivity contribution in [1.82, 2.24) is 0 Å². The number of nitro benzene ring substituents is 1. The van der Waals surface area contributed by atoms with E-state index in [1.807, 2.05) is 0 Å². The van der Waals surface area contributed by atoms with Crippen LogP contribution in [0.3, 0.4) is 0 Å². The number of nitrogens with zero attached hydrogens (tertiary/aromatic N) is 1. The van der Waals surface area contributed by atoms with Crippen LogP contribution in [0.25, 0.3) is 0 Å². The quantitative estimate of drug-likeness (QED) is 0.164. The Bertz CT molecular complexity index is 476. The number of rotatable bonds is 17. The maximum atomic E-state index is 10.9. The van der Waals surface area contributed by atoms with Crippen LogP contribution in [0, 0.1) is 10.1 Å². The van der Waals surface area contributed by atoms with E-state index in [4.69, 9.17) is 4.74 Å². The molecule has 148 valence electrons. The summed E-state index contributed by atoms with van der Waals surface area (Å²) in [4.78, 5) is 10.5. The molecule has 0 spiro atoms. The maximum absolute atomic E-state index is 10.9. The normalized spacial score (nSPS) is 10.8. The van der Waals surface area contributed by atoms with Gasteiger partial charge in [-0.15, -0.1) is 0 Å².